The molecule has 1 atom stereocenters. The summed E-state index contributed by atoms with van der Waals surface area (Å²) in [4.78, 5) is 5.44. The molecule has 0 aliphatic rings. The molecule has 2 aromatic rings. The van der Waals surface area contributed by atoms with E-state index in [4.69, 9.17) is 21.9 Å². The van der Waals surface area contributed by atoms with Crippen LogP contribution in [0.15, 0.2) is 33.7 Å². The van der Waals surface area contributed by atoms with Gasteiger partial charge in [0.25, 0.3) is 0 Å². The van der Waals surface area contributed by atoms with Crippen molar-refractivity contribution in [2.75, 3.05) is 6.54 Å². The van der Waals surface area contributed by atoms with Crippen molar-refractivity contribution >= 4 is 23.4 Å². The fourth-order valence-electron chi connectivity index (χ4n) is 1.84. The van der Waals surface area contributed by atoms with Crippen LogP contribution >= 0.6 is 23.4 Å². The molecule has 0 aliphatic heterocycles. The lowest BCUT2D eigenvalue weighted by Gasteiger charge is -2.13. The smallest absolute Gasteiger partial charge is 0.231 e. The third-order valence-corrected chi connectivity index (χ3v) is 4.56. The zero-order chi connectivity index (χ0) is 14.5. The minimum Gasteiger partial charge on any atom is -0.339 e. The van der Waals surface area contributed by atoms with Gasteiger partial charge in [-0.25, -0.2) is 0 Å². The molecule has 0 saturated carbocycles. The summed E-state index contributed by atoms with van der Waals surface area (Å²) in [5, 5.41) is 4.75. The third-order valence-electron chi connectivity index (χ3n) is 3.05. The van der Waals surface area contributed by atoms with Crippen LogP contribution in [0.4, 0.5) is 0 Å². The van der Waals surface area contributed by atoms with E-state index in [-0.39, 0.29) is 5.92 Å². The van der Waals surface area contributed by atoms with Crippen LogP contribution in [-0.2, 0) is 5.75 Å². The highest BCUT2D eigenvalue weighted by Gasteiger charge is 2.21. The molecule has 1 aromatic heterocycles. The summed E-state index contributed by atoms with van der Waals surface area (Å²) in [6.07, 6.45) is 0. The van der Waals surface area contributed by atoms with E-state index in [1.807, 2.05) is 24.3 Å². The molecular weight excluding hydrogens is 294 g/mol. The molecule has 0 bridgehead atoms. The number of benzene rings is 1. The van der Waals surface area contributed by atoms with Crippen LogP contribution in [0, 0.1) is 5.92 Å². The topological polar surface area (TPSA) is 64.9 Å². The highest BCUT2D eigenvalue weighted by atomic mass is 35.5. The van der Waals surface area contributed by atoms with Gasteiger partial charge in [0.05, 0.1) is 16.7 Å². The molecule has 0 radical (unpaired) electrons. The van der Waals surface area contributed by atoms with E-state index in [1.54, 1.807) is 11.8 Å². The Labute approximate surface area is 128 Å². The molecule has 0 fully saturated rings. The van der Waals surface area contributed by atoms with Crippen molar-refractivity contribution in [3.8, 4) is 0 Å². The first-order valence-corrected chi connectivity index (χ1v) is 7.88. The average Bonchev–Trinajstić information content (AvgIpc) is 2.87. The van der Waals surface area contributed by atoms with Gasteiger partial charge in [-0.3, -0.25) is 0 Å². The number of nitrogens with zero attached hydrogens (tertiary/aromatic N) is 2. The lowest BCUT2D eigenvalue weighted by Crippen LogP contribution is -2.18. The van der Waals surface area contributed by atoms with Gasteiger partial charge < -0.3 is 10.3 Å². The van der Waals surface area contributed by atoms with Crippen molar-refractivity contribution < 1.29 is 4.52 Å². The van der Waals surface area contributed by atoms with Gasteiger partial charge in [0.1, 0.15) is 0 Å². The second kappa shape index (κ2) is 7.11. The van der Waals surface area contributed by atoms with Crippen molar-refractivity contribution in [3.63, 3.8) is 0 Å². The fourth-order valence-corrected chi connectivity index (χ4v) is 2.92. The number of rotatable bonds is 6. The Balaban J connectivity index is 2.01. The predicted molar refractivity (Wildman–Crippen MR) is 81.9 cm³/mol. The third kappa shape index (κ3) is 3.75. The SMILES string of the molecule is CC(C)C(CN)c1nc(CSc2ccccc2Cl)no1. The molecule has 0 amide bonds. The molecule has 2 N–H and O–H groups in total. The van der Waals surface area contributed by atoms with Crippen molar-refractivity contribution in [1.82, 2.24) is 10.1 Å². The van der Waals surface area contributed by atoms with Gasteiger partial charge in [-0.2, -0.15) is 4.98 Å². The quantitative estimate of drug-likeness (QED) is 0.824. The van der Waals surface area contributed by atoms with E-state index in [2.05, 4.69) is 24.0 Å². The maximum atomic E-state index is 6.11. The molecule has 2 rings (SSSR count). The van der Waals surface area contributed by atoms with Crippen LogP contribution in [0.25, 0.3) is 0 Å². The van der Waals surface area contributed by atoms with Crippen molar-refractivity contribution in [2.45, 2.75) is 30.4 Å². The molecule has 0 saturated heterocycles. The average molecular weight is 312 g/mol. The van der Waals surface area contributed by atoms with Crippen molar-refractivity contribution in [2.24, 2.45) is 11.7 Å². The standard InChI is InChI=1S/C14H18ClN3OS/c1-9(2)10(7-16)14-17-13(18-19-14)8-20-12-6-4-3-5-11(12)15/h3-6,9-10H,7-8,16H2,1-2H3. The number of thioether (sulfide) groups is 1. The molecule has 4 nitrogen and oxygen atoms in total. The molecule has 6 heteroatoms. The molecule has 1 aromatic carbocycles. The van der Waals surface area contributed by atoms with Crippen molar-refractivity contribution in [3.05, 3.63) is 41.0 Å². The Bertz CT molecular complexity index is 559. The van der Waals surface area contributed by atoms with E-state index >= 15 is 0 Å². The Hall–Kier alpha value is -1.04. The van der Waals surface area contributed by atoms with Crippen LogP contribution in [0.2, 0.25) is 5.02 Å². The number of nitrogens with two attached hydrogens (primary N) is 1. The lowest BCUT2D eigenvalue weighted by molar-refractivity contribution is 0.322. The van der Waals surface area contributed by atoms with E-state index < -0.39 is 0 Å². The van der Waals surface area contributed by atoms with Gasteiger partial charge in [-0.05, 0) is 18.1 Å². The molecule has 20 heavy (non-hydrogen) atoms. The highest BCUT2D eigenvalue weighted by Crippen LogP contribution is 2.29. The first kappa shape index (κ1) is 15.4. The van der Waals surface area contributed by atoms with Crippen molar-refractivity contribution in [1.29, 1.82) is 0 Å². The zero-order valence-corrected chi connectivity index (χ0v) is 13.1. The maximum Gasteiger partial charge on any atom is 0.231 e. The van der Waals surface area contributed by atoms with E-state index in [0.29, 0.717) is 29.9 Å². The van der Waals surface area contributed by atoms with Gasteiger partial charge in [-0.15, -0.1) is 11.8 Å². The molecule has 1 unspecified atom stereocenters. The van der Waals surface area contributed by atoms with Gasteiger partial charge in [0.15, 0.2) is 5.82 Å². The van der Waals surface area contributed by atoms with E-state index in [1.165, 1.54) is 0 Å². The highest BCUT2D eigenvalue weighted by molar-refractivity contribution is 7.98. The summed E-state index contributed by atoms with van der Waals surface area (Å²) in [5.41, 5.74) is 5.75. The Morgan fingerprint density at radius 3 is 2.75 bits per heavy atom. The predicted octanol–water partition coefficient (Wildman–Crippen LogP) is 3.71. The summed E-state index contributed by atoms with van der Waals surface area (Å²) < 4.78 is 5.31. The second-order valence-electron chi connectivity index (χ2n) is 4.85. The van der Waals surface area contributed by atoms with Gasteiger partial charge >= 0.3 is 0 Å². The van der Waals surface area contributed by atoms with Gasteiger partial charge in [-0.1, -0.05) is 42.7 Å². The Morgan fingerprint density at radius 2 is 2.10 bits per heavy atom. The molecule has 0 aliphatic carbocycles. The first-order chi connectivity index (χ1) is 9.61. The molecule has 0 spiro atoms. The molecule has 1 heterocycles. The van der Waals surface area contributed by atoms with Crippen LogP contribution in [-0.4, -0.2) is 16.7 Å². The summed E-state index contributed by atoms with van der Waals surface area (Å²) in [6.45, 7) is 4.71. The normalized spacial score (nSPS) is 12.8. The minimum absolute atomic E-state index is 0.113. The van der Waals surface area contributed by atoms with Crippen LogP contribution in [0.3, 0.4) is 0 Å². The molecular formula is C14H18ClN3OS. The van der Waals surface area contributed by atoms with Crippen LogP contribution < -0.4 is 5.73 Å². The van der Waals surface area contributed by atoms with Gasteiger partial charge in [0.2, 0.25) is 5.89 Å². The van der Waals surface area contributed by atoms with Crippen LogP contribution in [0.1, 0.15) is 31.5 Å². The number of halogens is 1. The summed E-state index contributed by atoms with van der Waals surface area (Å²) in [6, 6.07) is 7.71. The molecule has 108 valence electrons. The number of hydrogen-bond donors (Lipinski definition) is 1. The summed E-state index contributed by atoms with van der Waals surface area (Å²) >= 11 is 7.70. The Morgan fingerprint density at radius 1 is 1.35 bits per heavy atom. The van der Waals surface area contributed by atoms with Gasteiger partial charge in [0, 0.05) is 11.4 Å². The monoisotopic (exact) mass is 311 g/mol. The summed E-state index contributed by atoms with van der Waals surface area (Å²) in [5.74, 6) is 2.41. The zero-order valence-electron chi connectivity index (χ0n) is 11.5. The maximum absolute atomic E-state index is 6.11. The Kier molecular flexibility index (Phi) is 5.46. The minimum atomic E-state index is 0.113. The summed E-state index contributed by atoms with van der Waals surface area (Å²) in [7, 11) is 0. The number of hydrogen-bond acceptors (Lipinski definition) is 5. The largest absolute Gasteiger partial charge is 0.339 e. The lowest BCUT2D eigenvalue weighted by atomic mass is 9.96. The fraction of sp³-hybridized carbons (Fsp3) is 0.429. The first-order valence-electron chi connectivity index (χ1n) is 6.51. The van der Waals surface area contributed by atoms with E-state index in [9.17, 15) is 0 Å². The van der Waals surface area contributed by atoms with Crippen LogP contribution in [0.5, 0.6) is 0 Å². The number of aromatic nitrogens is 2. The van der Waals surface area contributed by atoms with E-state index in [0.717, 1.165) is 9.92 Å². The second-order valence-corrected chi connectivity index (χ2v) is 6.28.